The van der Waals surface area contributed by atoms with Crippen LogP contribution in [0.1, 0.15) is 16.8 Å². The maximum Gasteiger partial charge on any atom is 0.0539 e. The number of aromatic nitrogens is 2. The molecule has 0 unspecified atom stereocenters. The molecular weight excluding hydrogens is 378 g/mol. The fourth-order valence-corrected chi connectivity index (χ4v) is 5.22. The SMILES string of the molecule is Cc1cc(-c2ccccc2-c2ccc3c(ccn3C)c2)c2[nH]c3c(c2c1)CN(C)CC3. The number of nitrogens with zero attached hydrogens (tertiary/aromatic N) is 2. The van der Waals surface area contributed by atoms with Gasteiger partial charge in [0.1, 0.15) is 0 Å². The van der Waals surface area contributed by atoms with E-state index in [0.717, 1.165) is 19.5 Å². The van der Waals surface area contributed by atoms with E-state index in [1.807, 2.05) is 0 Å². The van der Waals surface area contributed by atoms with Crippen molar-refractivity contribution >= 4 is 21.8 Å². The Bertz CT molecular complexity index is 1450. The summed E-state index contributed by atoms with van der Waals surface area (Å²) in [6, 6.07) is 22.5. The summed E-state index contributed by atoms with van der Waals surface area (Å²) in [4.78, 5) is 6.23. The second-order valence-corrected chi connectivity index (χ2v) is 9.05. The first-order chi connectivity index (χ1) is 15.1. The van der Waals surface area contributed by atoms with Crippen molar-refractivity contribution in [1.82, 2.24) is 14.5 Å². The number of rotatable bonds is 2. The average Bonchev–Trinajstić information content (AvgIpc) is 3.33. The van der Waals surface area contributed by atoms with Gasteiger partial charge in [0, 0.05) is 60.3 Å². The van der Waals surface area contributed by atoms with Gasteiger partial charge in [-0.2, -0.15) is 0 Å². The molecule has 1 aliphatic heterocycles. The zero-order valence-electron chi connectivity index (χ0n) is 18.4. The van der Waals surface area contributed by atoms with E-state index in [2.05, 4.69) is 102 Å². The van der Waals surface area contributed by atoms with Crippen LogP contribution in [0, 0.1) is 6.92 Å². The highest BCUT2D eigenvalue weighted by Crippen LogP contribution is 2.39. The van der Waals surface area contributed by atoms with Gasteiger partial charge in [-0.25, -0.2) is 0 Å². The van der Waals surface area contributed by atoms with E-state index >= 15 is 0 Å². The molecule has 0 aliphatic carbocycles. The van der Waals surface area contributed by atoms with Crippen LogP contribution in [0.5, 0.6) is 0 Å². The van der Waals surface area contributed by atoms with Crippen LogP contribution in [-0.4, -0.2) is 28.0 Å². The van der Waals surface area contributed by atoms with Gasteiger partial charge >= 0.3 is 0 Å². The molecular formula is C28H27N3. The minimum Gasteiger partial charge on any atom is -0.358 e. The molecule has 1 aliphatic rings. The van der Waals surface area contributed by atoms with Crippen LogP contribution in [0.15, 0.2) is 66.9 Å². The Kier molecular flexibility index (Phi) is 4.09. The Hall–Kier alpha value is -3.30. The minimum absolute atomic E-state index is 1.02. The molecule has 0 radical (unpaired) electrons. The third kappa shape index (κ3) is 2.92. The van der Waals surface area contributed by atoms with Gasteiger partial charge in [-0.3, -0.25) is 0 Å². The Morgan fingerprint density at radius 2 is 1.71 bits per heavy atom. The highest BCUT2D eigenvalue weighted by atomic mass is 15.1. The molecule has 31 heavy (non-hydrogen) atoms. The van der Waals surface area contributed by atoms with Gasteiger partial charge in [-0.1, -0.05) is 30.3 Å². The quantitative estimate of drug-likeness (QED) is 0.367. The molecule has 3 nitrogen and oxygen atoms in total. The summed E-state index contributed by atoms with van der Waals surface area (Å²) in [5, 5.41) is 2.66. The summed E-state index contributed by atoms with van der Waals surface area (Å²) in [6.07, 6.45) is 3.22. The molecule has 6 rings (SSSR count). The summed E-state index contributed by atoms with van der Waals surface area (Å²) in [5.41, 5.74) is 11.9. The maximum atomic E-state index is 3.81. The minimum atomic E-state index is 1.02. The number of nitrogens with one attached hydrogen (secondary N) is 1. The molecule has 0 saturated heterocycles. The van der Waals surface area contributed by atoms with Crippen LogP contribution in [0.25, 0.3) is 44.1 Å². The van der Waals surface area contributed by atoms with Crippen molar-refractivity contribution in [2.75, 3.05) is 13.6 Å². The monoisotopic (exact) mass is 405 g/mol. The summed E-state index contributed by atoms with van der Waals surface area (Å²) in [5.74, 6) is 0. The number of aryl methyl sites for hydroxylation is 2. The predicted molar refractivity (Wildman–Crippen MR) is 130 cm³/mol. The van der Waals surface area contributed by atoms with Crippen molar-refractivity contribution in [3.63, 3.8) is 0 Å². The first-order valence-electron chi connectivity index (χ1n) is 11.1. The molecule has 3 heterocycles. The lowest BCUT2D eigenvalue weighted by atomic mass is 9.91. The van der Waals surface area contributed by atoms with E-state index in [9.17, 15) is 0 Å². The van der Waals surface area contributed by atoms with Gasteiger partial charge < -0.3 is 14.5 Å². The molecule has 3 heteroatoms. The fourth-order valence-electron chi connectivity index (χ4n) is 5.22. The number of aromatic amines is 1. The Labute approximate surface area is 182 Å². The van der Waals surface area contributed by atoms with Crippen molar-refractivity contribution < 1.29 is 0 Å². The van der Waals surface area contributed by atoms with Gasteiger partial charge in [-0.05, 0) is 72.1 Å². The number of likely N-dealkylation sites (N-methyl/N-ethyl adjacent to an activating group) is 1. The van der Waals surface area contributed by atoms with Crippen molar-refractivity contribution in [1.29, 1.82) is 0 Å². The molecule has 0 amide bonds. The molecule has 1 N–H and O–H groups in total. The molecule has 0 fully saturated rings. The van der Waals surface area contributed by atoms with E-state index in [1.54, 1.807) is 0 Å². The lowest BCUT2D eigenvalue weighted by Gasteiger charge is -2.22. The largest absolute Gasteiger partial charge is 0.358 e. The first kappa shape index (κ1) is 18.5. The molecule has 0 saturated carbocycles. The molecule has 3 aromatic carbocycles. The zero-order chi connectivity index (χ0) is 21.1. The third-order valence-electron chi connectivity index (χ3n) is 6.83. The Morgan fingerprint density at radius 1 is 0.871 bits per heavy atom. The standard InChI is InChI=1S/C28H27N3/c1-18-14-23(28-24(15-18)25-17-30(2)12-11-26(25)29-28)22-7-5-4-6-21(22)19-8-9-27-20(16-19)10-13-31(27)3/h4-10,13-16,29H,11-12,17H2,1-3H3. The number of H-pyrrole nitrogens is 1. The lowest BCUT2D eigenvalue weighted by molar-refractivity contribution is 0.313. The van der Waals surface area contributed by atoms with Crippen LogP contribution >= 0.6 is 0 Å². The van der Waals surface area contributed by atoms with Crippen LogP contribution < -0.4 is 0 Å². The lowest BCUT2D eigenvalue weighted by Crippen LogP contribution is -2.25. The topological polar surface area (TPSA) is 24.0 Å². The van der Waals surface area contributed by atoms with Gasteiger partial charge in [-0.15, -0.1) is 0 Å². The molecule has 0 bridgehead atoms. The van der Waals surface area contributed by atoms with Gasteiger partial charge in [0.15, 0.2) is 0 Å². The van der Waals surface area contributed by atoms with E-state index in [-0.39, 0.29) is 0 Å². The van der Waals surface area contributed by atoms with Crippen molar-refractivity contribution in [3.8, 4) is 22.3 Å². The van der Waals surface area contributed by atoms with E-state index in [1.165, 1.54) is 60.9 Å². The Morgan fingerprint density at radius 3 is 2.58 bits per heavy atom. The van der Waals surface area contributed by atoms with Crippen molar-refractivity contribution in [2.24, 2.45) is 7.05 Å². The summed E-state index contributed by atoms with van der Waals surface area (Å²) >= 11 is 0. The highest BCUT2D eigenvalue weighted by molar-refractivity contribution is 6.01. The molecule has 154 valence electrons. The second-order valence-electron chi connectivity index (χ2n) is 9.05. The number of hydrogen-bond acceptors (Lipinski definition) is 1. The van der Waals surface area contributed by atoms with E-state index < -0.39 is 0 Å². The molecule has 2 aromatic heterocycles. The summed E-state index contributed by atoms with van der Waals surface area (Å²) in [6.45, 7) is 4.35. The summed E-state index contributed by atoms with van der Waals surface area (Å²) in [7, 11) is 4.32. The van der Waals surface area contributed by atoms with E-state index in [0.29, 0.717) is 0 Å². The predicted octanol–water partition coefficient (Wildman–Crippen LogP) is 6.29. The maximum absolute atomic E-state index is 3.81. The number of benzene rings is 3. The zero-order valence-corrected chi connectivity index (χ0v) is 18.4. The van der Waals surface area contributed by atoms with Gasteiger partial charge in [0.05, 0.1) is 5.52 Å². The van der Waals surface area contributed by atoms with Crippen LogP contribution in [0.2, 0.25) is 0 Å². The third-order valence-corrected chi connectivity index (χ3v) is 6.83. The van der Waals surface area contributed by atoms with Gasteiger partial charge in [0.25, 0.3) is 0 Å². The number of hydrogen-bond donors (Lipinski definition) is 1. The molecule has 0 atom stereocenters. The normalized spacial score (nSPS) is 14.4. The van der Waals surface area contributed by atoms with Crippen molar-refractivity contribution in [2.45, 2.75) is 19.9 Å². The molecule has 0 spiro atoms. The van der Waals surface area contributed by atoms with Crippen LogP contribution in [0.3, 0.4) is 0 Å². The van der Waals surface area contributed by atoms with Crippen LogP contribution in [-0.2, 0) is 20.0 Å². The van der Waals surface area contributed by atoms with E-state index in [4.69, 9.17) is 0 Å². The van der Waals surface area contributed by atoms with Gasteiger partial charge in [0.2, 0.25) is 0 Å². The van der Waals surface area contributed by atoms with Crippen LogP contribution in [0.4, 0.5) is 0 Å². The fraction of sp³-hybridized carbons (Fsp3) is 0.214. The number of fused-ring (bicyclic) bond motifs is 4. The van der Waals surface area contributed by atoms with Crippen molar-refractivity contribution in [3.05, 3.63) is 83.7 Å². The second kappa shape index (κ2) is 6.86. The first-order valence-corrected chi connectivity index (χ1v) is 11.1. The average molecular weight is 406 g/mol. The highest BCUT2D eigenvalue weighted by Gasteiger charge is 2.21. The smallest absolute Gasteiger partial charge is 0.0539 e. The summed E-state index contributed by atoms with van der Waals surface area (Å²) < 4.78 is 2.18. The molecule has 5 aromatic rings. The Balaban J connectivity index is 1.59.